The minimum absolute atomic E-state index is 0.0616. The van der Waals surface area contributed by atoms with E-state index in [1.54, 1.807) is 6.07 Å². The van der Waals surface area contributed by atoms with Crippen LogP contribution in [0.3, 0.4) is 0 Å². The second-order valence-corrected chi connectivity index (χ2v) is 4.93. The molecule has 0 aliphatic rings. The summed E-state index contributed by atoms with van der Waals surface area (Å²) >= 11 is 0. The number of nitrogens with zero attached hydrogens (tertiary/aromatic N) is 1. The van der Waals surface area contributed by atoms with Crippen LogP contribution in [0, 0.1) is 17.0 Å². The van der Waals surface area contributed by atoms with E-state index in [4.69, 9.17) is 0 Å². The Labute approximate surface area is 125 Å². The number of non-ortho nitro benzene ring substituents is 1. The maximum absolute atomic E-state index is 12.5. The molecule has 1 amide bonds. The molecule has 0 radical (unpaired) electrons. The van der Waals surface area contributed by atoms with E-state index < -0.39 is 4.92 Å². The first-order chi connectivity index (χ1) is 10.6. The average molecular weight is 295 g/mol. The molecule has 2 aromatic carbocycles. The molecule has 0 fully saturated rings. The molecule has 0 unspecified atom stereocenters. The van der Waals surface area contributed by atoms with Gasteiger partial charge in [0, 0.05) is 34.4 Å². The Morgan fingerprint density at radius 1 is 1.18 bits per heavy atom. The van der Waals surface area contributed by atoms with Gasteiger partial charge in [0.1, 0.15) is 0 Å². The molecule has 6 nitrogen and oxygen atoms in total. The first-order valence-corrected chi connectivity index (χ1v) is 6.69. The second kappa shape index (κ2) is 5.33. The number of nitrogens with one attached hydrogen (secondary N) is 2. The topological polar surface area (TPSA) is 88.0 Å². The zero-order chi connectivity index (χ0) is 15.7. The molecule has 0 atom stereocenters. The molecule has 2 N–H and O–H groups in total. The first kappa shape index (κ1) is 13.8. The number of aromatic nitrogens is 1. The number of carbonyl (C=O) groups excluding carboxylic acids is 1. The first-order valence-electron chi connectivity index (χ1n) is 6.69. The molecule has 0 bridgehead atoms. The number of nitro benzene ring substituents is 1. The van der Waals surface area contributed by atoms with Crippen molar-refractivity contribution in [2.75, 3.05) is 5.32 Å². The van der Waals surface area contributed by atoms with Crippen LogP contribution in [0.2, 0.25) is 0 Å². The molecule has 22 heavy (non-hydrogen) atoms. The van der Waals surface area contributed by atoms with Crippen molar-refractivity contribution < 1.29 is 9.72 Å². The summed E-state index contributed by atoms with van der Waals surface area (Å²) in [5.74, 6) is -0.296. The van der Waals surface area contributed by atoms with Gasteiger partial charge in [0.25, 0.3) is 11.6 Å². The van der Waals surface area contributed by atoms with Crippen molar-refractivity contribution in [3.63, 3.8) is 0 Å². The van der Waals surface area contributed by atoms with Gasteiger partial charge in [-0.15, -0.1) is 0 Å². The summed E-state index contributed by atoms with van der Waals surface area (Å²) in [7, 11) is 0. The van der Waals surface area contributed by atoms with Gasteiger partial charge in [0.15, 0.2) is 0 Å². The van der Waals surface area contributed by atoms with Crippen LogP contribution in [-0.4, -0.2) is 15.8 Å². The Morgan fingerprint density at radius 3 is 2.73 bits per heavy atom. The van der Waals surface area contributed by atoms with Gasteiger partial charge in [0.2, 0.25) is 0 Å². The fourth-order valence-electron chi connectivity index (χ4n) is 2.46. The van der Waals surface area contributed by atoms with Crippen LogP contribution < -0.4 is 5.32 Å². The number of aryl methyl sites for hydroxylation is 1. The fraction of sp³-hybridized carbons (Fsp3) is 0.0625. The molecule has 3 aromatic rings. The van der Waals surface area contributed by atoms with Crippen molar-refractivity contribution >= 4 is 28.2 Å². The summed E-state index contributed by atoms with van der Waals surface area (Å²) in [6, 6.07) is 13.4. The van der Waals surface area contributed by atoms with Gasteiger partial charge in [-0.25, -0.2) is 0 Å². The monoisotopic (exact) mass is 295 g/mol. The predicted octanol–water partition coefficient (Wildman–Crippen LogP) is 3.64. The Kier molecular flexibility index (Phi) is 3.34. The fourth-order valence-corrected chi connectivity index (χ4v) is 2.46. The van der Waals surface area contributed by atoms with E-state index in [1.807, 2.05) is 31.2 Å². The van der Waals surface area contributed by atoms with Gasteiger partial charge in [-0.05, 0) is 19.1 Å². The maximum atomic E-state index is 12.5. The third-order valence-electron chi connectivity index (χ3n) is 3.44. The highest BCUT2D eigenvalue weighted by molar-refractivity contribution is 6.13. The smallest absolute Gasteiger partial charge is 0.271 e. The standard InChI is InChI=1S/C16H13N3O3/c1-10-15(13-7-2-3-8-14(13)17-10)16(20)18-11-5-4-6-12(9-11)19(21)22/h2-9,17H,1H3,(H,18,20). The number of nitro groups is 1. The molecular formula is C16H13N3O3. The van der Waals surface area contributed by atoms with Crippen LogP contribution in [0.4, 0.5) is 11.4 Å². The zero-order valence-corrected chi connectivity index (χ0v) is 11.8. The normalized spacial score (nSPS) is 10.6. The Hall–Kier alpha value is -3.15. The summed E-state index contributed by atoms with van der Waals surface area (Å²) in [6.07, 6.45) is 0. The highest BCUT2D eigenvalue weighted by Crippen LogP contribution is 2.24. The lowest BCUT2D eigenvalue weighted by Crippen LogP contribution is -2.12. The number of amides is 1. The predicted molar refractivity (Wildman–Crippen MR) is 84.1 cm³/mol. The lowest BCUT2D eigenvalue weighted by molar-refractivity contribution is -0.384. The quantitative estimate of drug-likeness (QED) is 0.571. The third-order valence-corrected chi connectivity index (χ3v) is 3.44. The molecule has 0 saturated carbocycles. The number of fused-ring (bicyclic) bond motifs is 1. The highest BCUT2D eigenvalue weighted by Gasteiger charge is 2.16. The maximum Gasteiger partial charge on any atom is 0.271 e. The van der Waals surface area contributed by atoms with Gasteiger partial charge < -0.3 is 10.3 Å². The van der Waals surface area contributed by atoms with E-state index in [0.717, 1.165) is 16.6 Å². The highest BCUT2D eigenvalue weighted by atomic mass is 16.6. The van der Waals surface area contributed by atoms with E-state index in [-0.39, 0.29) is 11.6 Å². The van der Waals surface area contributed by atoms with Crippen LogP contribution in [0.1, 0.15) is 16.1 Å². The minimum atomic E-state index is -0.493. The van der Waals surface area contributed by atoms with Crippen molar-refractivity contribution in [3.05, 3.63) is 69.9 Å². The molecule has 0 aliphatic carbocycles. The van der Waals surface area contributed by atoms with Gasteiger partial charge in [0.05, 0.1) is 10.5 Å². The Morgan fingerprint density at radius 2 is 1.95 bits per heavy atom. The van der Waals surface area contributed by atoms with Crippen LogP contribution in [-0.2, 0) is 0 Å². The van der Waals surface area contributed by atoms with Crippen molar-refractivity contribution in [2.24, 2.45) is 0 Å². The van der Waals surface area contributed by atoms with E-state index in [2.05, 4.69) is 10.3 Å². The van der Waals surface area contributed by atoms with Crippen molar-refractivity contribution in [3.8, 4) is 0 Å². The van der Waals surface area contributed by atoms with E-state index >= 15 is 0 Å². The number of benzene rings is 2. The summed E-state index contributed by atoms with van der Waals surface area (Å²) < 4.78 is 0. The molecule has 0 saturated heterocycles. The zero-order valence-electron chi connectivity index (χ0n) is 11.8. The van der Waals surface area contributed by atoms with Crippen molar-refractivity contribution in [1.82, 2.24) is 4.98 Å². The summed E-state index contributed by atoms with van der Waals surface area (Å²) in [4.78, 5) is 25.9. The molecular weight excluding hydrogens is 282 g/mol. The van der Waals surface area contributed by atoms with Crippen LogP contribution in [0.15, 0.2) is 48.5 Å². The lowest BCUT2D eigenvalue weighted by Gasteiger charge is -2.05. The summed E-state index contributed by atoms with van der Waals surface area (Å²) in [6.45, 7) is 1.82. The van der Waals surface area contributed by atoms with Crippen LogP contribution in [0.5, 0.6) is 0 Å². The number of rotatable bonds is 3. The van der Waals surface area contributed by atoms with Crippen molar-refractivity contribution in [1.29, 1.82) is 0 Å². The third kappa shape index (κ3) is 2.42. The van der Waals surface area contributed by atoms with Crippen LogP contribution in [0.25, 0.3) is 10.9 Å². The number of carbonyl (C=O) groups is 1. The average Bonchev–Trinajstić information content (AvgIpc) is 2.83. The van der Waals surface area contributed by atoms with Crippen molar-refractivity contribution in [2.45, 2.75) is 6.92 Å². The van der Waals surface area contributed by atoms with Gasteiger partial charge in [-0.3, -0.25) is 14.9 Å². The van der Waals surface area contributed by atoms with E-state index in [1.165, 1.54) is 18.2 Å². The molecule has 110 valence electrons. The number of aromatic amines is 1. The Bertz CT molecular complexity index is 883. The largest absolute Gasteiger partial charge is 0.358 e. The molecule has 6 heteroatoms. The Balaban J connectivity index is 1.95. The lowest BCUT2D eigenvalue weighted by atomic mass is 10.1. The number of anilines is 1. The molecule has 1 aromatic heterocycles. The molecule has 3 rings (SSSR count). The van der Waals surface area contributed by atoms with E-state index in [9.17, 15) is 14.9 Å². The van der Waals surface area contributed by atoms with E-state index in [0.29, 0.717) is 11.3 Å². The van der Waals surface area contributed by atoms with Gasteiger partial charge >= 0.3 is 0 Å². The van der Waals surface area contributed by atoms with Gasteiger partial charge in [-0.2, -0.15) is 0 Å². The molecule has 1 heterocycles. The number of H-pyrrole nitrogens is 1. The summed E-state index contributed by atoms with van der Waals surface area (Å²) in [5, 5.41) is 14.3. The summed E-state index contributed by atoms with van der Waals surface area (Å²) in [5.41, 5.74) is 2.51. The number of para-hydroxylation sites is 1. The minimum Gasteiger partial charge on any atom is -0.358 e. The molecule has 0 aliphatic heterocycles. The number of hydrogen-bond donors (Lipinski definition) is 2. The molecule has 0 spiro atoms. The second-order valence-electron chi connectivity index (χ2n) is 4.93. The SMILES string of the molecule is Cc1[nH]c2ccccc2c1C(=O)Nc1cccc([N+](=O)[O-])c1. The number of hydrogen-bond acceptors (Lipinski definition) is 3. The van der Waals surface area contributed by atoms with Crippen LogP contribution >= 0.6 is 0 Å². The van der Waals surface area contributed by atoms with Gasteiger partial charge in [-0.1, -0.05) is 24.3 Å².